The van der Waals surface area contributed by atoms with Crippen molar-refractivity contribution in [2.75, 3.05) is 12.8 Å². The van der Waals surface area contributed by atoms with E-state index in [-0.39, 0.29) is 5.25 Å². The van der Waals surface area contributed by atoms with Gasteiger partial charge in [0, 0.05) is 11.8 Å². The number of nitrogens with one attached hydrogen (secondary N) is 2. The number of hydrogen-bond acceptors (Lipinski definition) is 5. The highest BCUT2D eigenvalue weighted by Crippen LogP contribution is 2.23. The predicted molar refractivity (Wildman–Crippen MR) is 74.2 cm³/mol. The van der Waals surface area contributed by atoms with Crippen molar-refractivity contribution >= 4 is 29.6 Å². The van der Waals surface area contributed by atoms with E-state index in [1.165, 1.54) is 11.8 Å². The largest absolute Gasteiger partial charge is 0.364 e. The molecule has 0 fully saturated rings. The van der Waals surface area contributed by atoms with Gasteiger partial charge in [0.15, 0.2) is 5.17 Å². The summed E-state index contributed by atoms with van der Waals surface area (Å²) in [6, 6.07) is 0. The van der Waals surface area contributed by atoms with Crippen molar-refractivity contribution in [2.45, 2.75) is 18.6 Å². The van der Waals surface area contributed by atoms with Gasteiger partial charge >= 0.3 is 0 Å². The lowest BCUT2D eigenvalue weighted by atomic mass is 10.2. The SMILES string of the molecule is CSC(=NC#N)NCCC(S)c1[nH]cnc1C. The van der Waals surface area contributed by atoms with Gasteiger partial charge in [-0.25, -0.2) is 4.98 Å². The van der Waals surface area contributed by atoms with E-state index in [2.05, 4.69) is 32.9 Å². The van der Waals surface area contributed by atoms with E-state index >= 15 is 0 Å². The second kappa shape index (κ2) is 7.25. The van der Waals surface area contributed by atoms with Crippen LogP contribution in [0, 0.1) is 18.4 Å². The molecule has 0 bridgehead atoms. The first kappa shape index (κ1) is 13.9. The molecule has 1 aromatic rings. The minimum Gasteiger partial charge on any atom is -0.364 e. The van der Waals surface area contributed by atoms with Crippen LogP contribution in [0.3, 0.4) is 0 Å². The highest BCUT2D eigenvalue weighted by Gasteiger charge is 2.11. The number of amidine groups is 1. The number of imidazole rings is 1. The molecule has 92 valence electrons. The first-order chi connectivity index (χ1) is 8.19. The Morgan fingerprint density at radius 1 is 1.82 bits per heavy atom. The van der Waals surface area contributed by atoms with Gasteiger partial charge in [-0.1, -0.05) is 11.8 Å². The van der Waals surface area contributed by atoms with Gasteiger partial charge in [-0.2, -0.15) is 17.9 Å². The molecule has 7 heteroatoms. The lowest BCUT2D eigenvalue weighted by Gasteiger charge is -2.11. The van der Waals surface area contributed by atoms with Crippen molar-refractivity contribution in [2.24, 2.45) is 4.99 Å². The van der Waals surface area contributed by atoms with Crippen LogP contribution in [0.25, 0.3) is 0 Å². The molecule has 0 aliphatic heterocycles. The number of aromatic nitrogens is 2. The van der Waals surface area contributed by atoms with Gasteiger partial charge in [0.1, 0.15) is 0 Å². The van der Waals surface area contributed by atoms with Crippen LogP contribution in [-0.4, -0.2) is 27.9 Å². The van der Waals surface area contributed by atoms with Gasteiger partial charge in [0.2, 0.25) is 6.19 Å². The fraction of sp³-hybridized carbons (Fsp3) is 0.500. The van der Waals surface area contributed by atoms with Crippen LogP contribution >= 0.6 is 24.4 Å². The van der Waals surface area contributed by atoms with Crippen LogP contribution < -0.4 is 5.32 Å². The number of hydrogen-bond donors (Lipinski definition) is 3. The molecule has 17 heavy (non-hydrogen) atoms. The van der Waals surface area contributed by atoms with Crippen molar-refractivity contribution in [3.8, 4) is 6.19 Å². The normalized spacial score (nSPS) is 13.2. The van der Waals surface area contributed by atoms with E-state index in [1.54, 1.807) is 12.5 Å². The smallest absolute Gasteiger partial charge is 0.208 e. The Morgan fingerprint density at radius 3 is 3.12 bits per heavy atom. The Bertz CT molecular complexity index is 421. The Kier molecular flexibility index (Phi) is 5.94. The number of thiol groups is 1. The number of nitriles is 1. The lowest BCUT2D eigenvalue weighted by molar-refractivity contribution is 0.752. The molecular weight excluding hydrogens is 254 g/mol. The van der Waals surface area contributed by atoms with Crippen LogP contribution in [0.4, 0.5) is 0 Å². The molecule has 0 radical (unpaired) electrons. The van der Waals surface area contributed by atoms with E-state index < -0.39 is 0 Å². The quantitative estimate of drug-likeness (QED) is 0.337. The number of nitrogens with zero attached hydrogens (tertiary/aromatic N) is 3. The lowest BCUT2D eigenvalue weighted by Crippen LogP contribution is -2.22. The molecule has 1 unspecified atom stereocenters. The summed E-state index contributed by atoms with van der Waals surface area (Å²) in [5.41, 5.74) is 2.01. The van der Waals surface area contributed by atoms with Crippen LogP contribution in [-0.2, 0) is 0 Å². The molecular formula is C10H15N5S2. The Hall–Kier alpha value is -1.13. The van der Waals surface area contributed by atoms with Crippen LogP contribution in [0.2, 0.25) is 0 Å². The summed E-state index contributed by atoms with van der Waals surface area (Å²) in [5, 5.41) is 12.3. The molecule has 0 aliphatic rings. The van der Waals surface area contributed by atoms with Gasteiger partial charge in [0.05, 0.1) is 17.7 Å². The van der Waals surface area contributed by atoms with Crippen molar-refractivity contribution in [3.63, 3.8) is 0 Å². The van der Waals surface area contributed by atoms with E-state index in [1.807, 2.05) is 13.2 Å². The summed E-state index contributed by atoms with van der Waals surface area (Å²) in [4.78, 5) is 10.9. The summed E-state index contributed by atoms with van der Waals surface area (Å²) < 4.78 is 0. The molecule has 5 nitrogen and oxygen atoms in total. The molecule has 0 aromatic carbocycles. The summed E-state index contributed by atoms with van der Waals surface area (Å²) in [5.74, 6) is 0. The topological polar surface area (TPSA) is 76.9 Å². The van der Waals surface area contributed by atoms with Crippen LogP contribution in [0.15, 0.2) is 11.3 Å². The number of H-pyrrole nitrogens is 1. The van der Waals surface area contributed by atoms with Crippen LogP contribution in [0.5, 0.6) is 0 Å². The first-order valence-electron chi connectivity index (χ1n) is 5.11. The van der Waals surface area contributed by atoms with E-state index in [0.717, 1.165) is 17.8 Å². The Morgan fingerprint density at radius 2 is 2.59 bits per heavy atom. The van der Waals surface area contributed by atoms with E-state index in [9.17, 15) is 0 Å². The predicted octanol–water partition coefficient (Wildman–Crippen LogP) is 1.87. The summed E-state index contributed by atoms with van der Waals surface area (Å²) in [7, 11) is 0. The number of aliphatic imine (C=N–C) groups is 1. The maximum absolute atomic E-state index is 8.44. The number of aryl methyl sites for hydroxylation is 1. The molecule has 0 amide bonds. The standard InChI is InChI=1S/C10H15N5S2/c1-7-9(15-6-14-7)8(16)3-4-12-10(17-2)13-5-11/h6,8,16H,3-4H2,1-2H3,(H,12,13)(H,14,15). The molecule has 1 atom stereocenters. The average Bonchev–Trinajstić information content (AvgIpc) is 2.74. The van der Waals surface area contributed by atoms with Gasteiger partial charge in [-0.15, -0.1) is 4.99 Å². The van der Waals surface area contributed by atoms with Gasteiger partial charge in [-0.3, -0.25) is 0 Å². The van der Waals surface area contributed by atoms with Gasteiger partial charge in [0.25, 0.3) is 0 Å². The zero-order valence-electron chi connectivity index (χ0n) is 9.77. The van der Waals surface area contributed by atoms with Crippen molar-refractivity contribution < 1.29 is 0 Å². The maximum atomic E-state index is 8.44. The van der Waals surface area contributed by atoms with Gasteiger partial charge in [-0.05, 0) is 19.6 Å². The molecule has 0 aliphatic carbocycles. The molecule has 0 saturated heterocycles. The first-order valence-corrected chi connectivity index (χ1v) is 6.85. The second-order valence-corrected chi connectivity index (χ2v) is 4.77. The van der Waals surface area contributed by atoms with Crippen molar-refractivity contribution in [1.82, 2.24) is 15.3 Å². The molecule has 1 aromatic heterocycles. The minimum absolute atomic E-state index is 0.107. The van der Waals surface area contributed by atoms with E-state index in [0.29, 0.717) is 11.7 Å². The fourth-order valence-electron chi connectivity index (χ4n) is 1.37. The number of aromatic amines is 1. The van der Waals surface area contributed by atoms with Crippen LogP contribution in [0.1, 0.15) is 23.1 Å². The number of thioether (sulfide) groups is 1. The third kappa shape index (κ3) is 4.32. The van der Waals surface area contributed by atoms with Crippen molar-refractivity contribution in [3.05, 3.63) is 17.7 Å². The number of rotatable bonds is 4. The monoisotopic (exact) mass is 269 g/mol. The maximum Gasteiger partial charge on any atom is 0.208 e. The Labute approximate surface area is 111 Å². The Balaban J connectivity index is 2.40. The zero-order chi connectivity index (χ0) is 12.7. The molecule has 1 rings (SSSR count). The highest BCUT2D eigenvalue weighted by atomic mass is 32.2. The molecule has 1 heterocycles. The van der Waals surface area contributed by atoms with Gasteiger partial charge < -0.3 is 10.3 Å². The van der Waals surface area contributed by atoms with E-state index in [4.69, 9.17) is 5.26 Å². The average molecular weight is 269 g/mol. The third-order valence-corrected chi connectivity index (χ3v) is 3.38. The molecule has 0 spiro atoms. The second-order valence-electron chi connectivity index (χ2n) is 3.35. The third-order valence-electron chi connectivity index (χ3n) is 2.24. The minimum atomic E-state index is 0.107. The molecule has 0 saturated carbocycles. The molecule has 2 N–H and O–H groups in total. The highest BCUT2D eigenvalue weighted by molar-refractivity contribution is 8.13. The summed E-state index contributed by atoms with van der Waals surface area (Å²) >= 11 is 5.93. The fourth-order valence-corrected chi connectivity index (χ4v) is 2.14. The zero-order valence-corrected chi connectivity index (χ0v) is 11.5. The summed E-state index contributed by atoms with van der Waals surface area (Å²) in [6.07, 6.45) is 6.14. The van der Waals surface area contributed by atoms with Crippen molar-refractivity contribution in [1.29, 1.82) is 5.26 Å². The summed E-state index contributed by atoms with van der Waals surface area (Å²) in [6.45, 7) is 2.67.